The molecule has 0 bridgehead atoms. The Kier molecular flexibility index (Phi) is 4.80. The highest BCUT2D eigenvalue weighted by Crippen LogP contribution is 2.30. The number of nitrogens with two attached hydrogens (primary N) is 1. The molecular weight excluding hydrogens is 174 g/mol. The van der Waals surface area contributed by atoms with Crippen molar-refractivity contribution >= 4 is 18.2 Å². The van der Waals surface area contributed by atoms with E-state index in [9.17, 15) is 4.79 Å². The molecule has 0 aromatic heterocycles. The summed E-state index contributed by atoms with van der Waals surface area (Å²) in [5.41, 5.74) is 6.06. The average Bonchev–Trinajstić information content (AvgIpc) is 2.33. The van der Waals surface area contributed by atoms with Crippen LogP contribution in [0.2, 0.25) is 0 Å². The van der Waals surface area contributed by atoms with Gasteiger partial charge in [0.25, 0.3) is 0 Å². The molecule has 0 heterocycles. The molecule has 1 saturated carbocycles. The van der Waals surface area contributed by atoms with E-state index in [2.05, 4.69) is 0 Å². The summed E-state index contributed by atoms with van der Waals surface area (Å²) in [6.45, 7) is 1.64. The minimum absolute atomic E-state index is 0. The average molecular weight is 192 g/mol. The van der Waals surface area contributed by atoms with Gasteiger partial charge in [0.2, 0.25) is 0 Å². The summed E-state index contributed by atoms with van der Waals surface area (Å²) in [5, 5.41) is 0. The Morgan fingerprint density at radius 2 is 1.92 bits per heavy atom. The van der Waals surface area contributed by atoms with Crippen LogP contribution in [0.3, 0.4) is 0 Å². The standard InChI is InChI=1S/C9H17NO.ClH/c1-8(11)4-7-9(10)5-2-3-6-9;/h2-7,10H2,1H3;1H. The van der Waals surface area contributed by atoms with Gasteiger partial charge in [-0.25, -0.2) is 0 Å². The van der Waals surface area contributed by atoms with Gasteiger partial charge in [-0.15, -0.1) is 12.4 Å². The lowest BCUT2D eigenvalue weighted by molar-refractivity contribution is -0.117. The van der Waals surface area contributed by atoms with Gasteiger partial charge in [0.1, 0.15) is 5.78 Å². The quantitative estimate of drug-likeness (QED) is 0.742. The van der Waals surface area contributed by atoms with E-state index in [1.807, 2.05) is 0 Å². The van der Waals surface area contributed by atoms with Crippen molar-refractivity contribution in [2.45, 2.75) is 51.0 Å². The number of rotatable bonds is 3. The van der Waals surface area contributed by atoms with E-state index in [1.54, 1.807) is 6.92 Å². The highest BCUT2D eigenvalue weighted by molar-refractivity contribution is 5.85. The maximum absolute atomic E-state index is 10.7. The lowest BCUT2D eigenvalue weighted by Crippen LogP contribution is -2.36. The van der Waals surface area contributed by atoms with Crippen LogP contribution >= 0.6 is 12.4 Å². The monoisotopic (exact) mass is 191 g/mol. The molecule has 0 aliphatic heterocycles. The molecule has 2 N–H and O–H groups in total. The van der Waals surface area contributed by atoms with Gasteiger partial charge in [-0.3, -0.25) is 0 Å². The summed E-state index contributed by atoms with van der Waals surface area (Å²) in [7, 11) is 0. The molecule has 0 amide bonds. The summed E-state index contributed by atoms with van der Waals surface area (Å²) in [4.78, 5) is 10.7. The fourth-order valence-corrected chi connectivity index (χ4v) is 1.75. The molecule has 2 nitrogen and oxygen atoms in total. The molecule has 0 aromatic carbocycles. The zero-order valence-corrected chi connectivity index (χ0v) is 8.45. The van der Waals surface area contributed by atoms with Crippen molar-refractivity contribution in [2.24, 2.45) is 5.73 Å². The van der Waals surface area contributed by atoms with Crippen LogP contribution in [-0.2, 0) is 4.79 Å². The van der Waals surface area contributed by atoms with Crippen molar-refractivity contribution in [1.82, 2.24) is 0 Å². The molecule has 0 unspecified atom stereocenters. The molecule has 1 aliphatic carbocycles. The van der Waals surface area contributed by atoms with Crippen molar-refractivity contribution in [3.05, 3.63) is 0 Å². The topological polar surface area (TPSA) is 43.1 Å². The molecule has 1 aliphatic rings. The van der Waals surface area contributed by atoms with Crippen LogP contribution in [0.25, 0.3) is 0 Å². The lowest BCUT2D eigenvalue weighted by atomic mass is 9.92. The van der Waals surface area contributed by atoms with Crippen LogP contribution in [0.1, 0.15) is 45.4 Å². The van der Waals surface area contributed by atoms with Crippen LogP contribution in [0, 0.1) is 0 Å². The predicted molar refractivity (Wildman–Crippen MR) is 52.5 cm³/mol. The fourth-order valence-electron chi connectivity index (χ4n) is 1.75. The van der Waals surface area contributed by atoms with Crippen molar-refractivity contribution in [1.29, 1.82) is 0 Å². The highest BCUT2D eigenvalue weighted by atomic mass is 35.5. The van der Waals surface area contributed by atoms with E-state index in [-0.39, 0.29) is 23.7 Å². The van der Waals surface area contributed by atoms with Crippen molar-refractivity contribution in [3.8, 4) is 0 Å². The molecule has 72 valence electrons. The minimum Gasteiger partial charge on any atom is -0.325 e. The Labute approximate surface area is 80.3 Å². The van der Waals surface area contributed by atoms with E-state index in [0.29, 0.717) is 6.42 Å². The van der Waals surface area contributed by atoms with Crippen molar-refractivity contribution < 1.29 is 4.79 Å². The van der Waals surface area contributed by atoms with Gasteiger partial charge in [0.05, 0.1) is 0 Å². The molecular formula is C9H18ClNO. The number of Topliss-reactive ketones (excluding diaryl/α,β-unsaturated/α-hetero) is 1. The van der Waals surface area contributed by atoms with E-state index in [4.69, 9.17) is 5.73 Å². The lowest BCUT2D eigenvalue weighted by Gasteiger charge is -2.22. The molecule has 0 spiro atoms. The maximum Gasteiger partial charge on any atom is 0.129 e. The van der Waals surface area contributed by atoms with Crippen LogP contribution < -0.4 is 5.73 Å². The van der Waals surface area contributed by atoms with Crippen LogP contribution in [0.5, 0.6) is 0 Å². The van der Waals surface area contributed by atoms with Gasteiger partial charge >= 0.3 is 0 Å². The largest absolute Gasteiger partial charge is 0.325 e. The molecule has 12 heavy (non-hydrogen) atoms. The van der Waals surface area contributed by atoms with Crippen LogP contribution in [0.4, 0.5) is 0 Å². The van der Waals surface area contributed by atoms with Crippen LogP contribution in [0.15, 0.2) is 0 Å². The first kappa shape index (κ1) is 11.9. The van der Waals surface area contributed by atoms with Gasteiger partial charge in [0, 0.05) is 12.0 Å². The third-order valence-corrected chi connectivity index (χ3v) is 2.57. The Hall–Kier alpha value is -0.0800. The van der Waals surface area contributed by atoms with E-state index >= 15 is 0 Å². The summed E-state index contributed by atoms with van der Waals surface area (Å²) in [6.07, 6.45) is 6.27. The molecule has 0 aromatic rings. The number of hydrogen-bond donors (Lipinski definition) is 1. The van der Waals surface area contributed by atoms with Gasteiger partial charge < -0.3 is 10.5 Å². The first-order valence-electron chi connectivity index (χ1n) is 4.41. The SMILES string of the molecule is CC(=O)CCC1(N)CCCC1.Cl. The predicted octanol–water partition coefficient (Wildman–Crippen LogP) is 2.05. The summed E-state index contributed by atoms with van der Waals surface area (Å²) in [6, 6.07) is 0. The molecule has 3 heteroatoms. The van der Waals surface area contributed by atoms with Gasteiger partial charge in [-0.05, 0) is 26.2 Å². The highest BCUT2D eigenvalue weighted by Gasteiger charge is 2.28. The third kappa shape index (κ3) is 3.55. The normalized spacial score (nSPS) is 20.2. The second-order valence-corrected chi connectivity index (χ2v) is 3.77. The number of hydrogen-bond acceptors (Lipinski definition) is 2. The second kappa shape index (κ2) is 4.83. The van der Waals surface area contributed by atoms with Crippen molar-refractivity contribution in [2.75, 3.05) is 0 Å². The molecule has 1 fully saturated rings. The Morgan fingerprint density at radius 3 is 2.33 bits per heavy atom. The third-order valence-electron chi connectivity index (χ3n) is 2.57. The minimum atomic E-state index is 0. The number of ketones is 1. The first-order chi connectivity index (χ1) is 5.12. The van der Waals surface area contributed by atoms with Gasteiger partial charge in [-0.2, -0.15) is 0 Å². The number of carbonyl (C=O) groups excluding carboxylic acids is 1. The second-order valence-electron chi connectivity index (χ2n) is 3.77. The first-order valence-corrected chi connectivity index (χ1v) is 4.41. The van der Waals surface area contributed by atoms with Gasteiger partial charge in [-0.1, -0.05) is 12.8 Å². The molecule has 0 atom stereocenters. The summed E-state index contributed by atoms with van der Waals surface area (Å²) < 4.78 is 0. The van der Waals surface area contributed by atoms with E-state index < -0.39 is 0 Å². The smallest absolute Gasteiger partial charge is 0.129 e. The Morgan fingerprint density at radius 1 is 1.42 bits per heavy atom. The molecule has 0 saturated heterocycles. The summed E-state index contributed by atoms with van der Waals surface area (Å²) >= 11 is 0. The zero-order chi connectivity index (χ0) is 8.32. The number of halogens is 1. The van der Waals surface area contributed by atoms with Gasteiger partial charge in [0.15, 0.2) is 0 Å². The maximum atomic E-state index is 10.7. The fraction of sp³-hybridized carbons (Fsp3) is 0.889. The van der Waals surface area contributed by atoms with Crippen LogP contribution in [-0.4, -0.2) is 11.3 Å². The Bertz CT molecular complexity index is 153. The summed E-state index contributed by atoms with van der Waals surface area (Å²) in [5.74, 6) is 0.265. The Balaban J connectivity index is 0.00000121. The van der Waals surface area contributed by atoms with Crippen molar-refractivity contribution in [3.63, 3.8) is 0 Å². The van der Waals surface area contributed by atoms with E-state index in [1.165, 1.54) is 12.8 Å². The van der Waals surface area contributed by atoms with E-state index in [0.717, 1.165) is 19.3 Å². The zero-order valence-electron chi connectivity index (χ0n) is 7.64. The molecule has 0 radical (unpaired) electrons. The number of carbonyl (C=O) groups is 1. The molecule has 1 rings (SSSR count).